The minimum atomic E-state index is -4.01. The SMILES string of the molecule is Cc1ccc2c(c1)C(C)(CCCCS(=O)(=O)O)C(/C=C/C=C/C=C/C=C1\N(C)c3cc(I)cc(I)c3C1(C)C)=[N+]2CCCCCC(=O)O. The lowest BCUT2D eigenvalue weighted by molar-refractivity contribution is -0.438. The molecule has 2 aromatic carbocycles. The molecule has 0 amide bonds. The summed E-state index contributed by atoms with van der Waals surface area (Å²) < 4.78 is 37.0. The summed E-state index contributed by atoms with van der Waals surface area (Å²) in [5, 5.41) is 9.07. The molecule has 2 aliphatic rings. The van der Waals surface area contributed by atoms with E-state index in [4.69, 9.17) is 5.11 Å². The van der Waals surface area contributed by atoms with Crippen LogP contribution in [0.25, 0.3) is 0 Å². The molecule has 0 fully saturated rings. The van der Waals surface area contributed by atoms with Crippen molar-refractivity contribution >= 4 is 78.4 Å². The van der Waals surface area contributed by atoms with E-state index in [0.717, 1.165) is 42.8 Å². The number of carboxylic acid groups (broad SMARTS) is 1. The van der Waals surface area contributed by atoms with E-state index in [1.165, 1.54) is 29.7 Å². The van der Waals surface area contributed by atoms with E-state index in [1.807, 2.05) is 18.2 Å². The van der Waals surface area contributed by atoms with Gasteiger partial charge in [0.1, 0.15) is 6.54 Å². The number of hydrogen-bond acceptors (Lipinski definition) is 4. The van der Waals surface area contributed by atoms with Crippen molar-refractivity contribution in [3.05, 3.63) is 102 Å². The van der Waals surface area contributed by atoms with Crippen LogP contribution >= 0.6 is 45.2 Å². The largest absolute Gasteiger partial charge is 0.481 e. The Labute approximate surface area is 313 Å². The Morgan fingerprint density at radius 2 is 1.67 bits per heavy atom. The van der Waals surface area contributed by atoms with E-state index in [2.05, 4.69) is 144 Å². The quantitative estimate of drug-likeness (QED) is 0.0609. The van der Waals surface area contributed by atoms with Crippen molar-refractivity contribution in [2.45, 2.75) is 83.5 Å². The number of likely N-dealkylation sites (N-methyl/N-ethyl adjacent to an activating group) is 1. The standard InChI is InChI=1S/C38H46I2N2O5S/c1-27-19-20-31-29(24-27)38(4,21-13-15-23-48(45,46)47)34(42(31)22-14-9-12-18-35(43)44)17-11-8-6-7-10-16-33-37(2,3)36-30(40)25-28(39)26-32(36)41(33)5/h6-8,10-11,16-17,19-20,24-26H,9,12-15,18,21-23H2,1-5H3,(H-,43,44,45,46,47)/p+1. The highest BCUT2D eigenvalue weighted by molar-refractivity contribution is 14.1. The van der Waals surface area contributed by atoms with Gasteiger partial charge < -0.3 is 10.0 Å². The molecule has 1 atom stereocenters. The van der Waals surface area contributed by atoms with Crippen molar-refractivity contribution < 1.29 is 27.4 Å². The zero-order valence-electron chi connectivity index (χ0n) is 28.5. The van der Waals surface area contributed by atoms with Crippen molar-refractivity contribution in [1.29, 1.82) is 0 Å². The van der Waals surface area contributed by atoms with Gasteiger partial charge in [0.05, 0.1) is 11.2 Å². The molecule has 258 valence electrons. The Hall–Kier alpha value is -2.29. The van der Waals surface area contributed by atoms with Crippen LogP contribution < -0.4 is 4.90 Å². The Balaban J connectivity index is 1.58. The lowest BCUT2D eigenvalue weighted by Gasteiger charge is -2.24. The number of rotatable bonds is 15. The van der Waals surface area contributed by atoms with Crippen molar-refractivity contribution in [3.63, 3.8) is 0 Å². The summed E-state index contributed by atoms with van der Waals surface area (Å²) in [6.45, 7) is 9.62. The molecule has 0 saturated carbocycles. The molecule has 2 heterocycles. The average Bonchev–Trinajstić information content (AvgIpc) is 3.32. The fraction of sp³-hybridized carbons (Fsp3) is 0.421. The highest BCUT2D eigenvalue weighted by Crippen LogP contribution is 2.49. The number of carbonyl (C=O) groups is 1. The van der Waals surface area contributed by atoms with Gasteiger partial charge in [-0.15, -0.1) is 0 Å². The maximum Gasteiger partial charge on any atom is 0.303 e. The fourth-order valence-corrected chi connectivity index (χ4v) is 10.1. The van der Waals surface area contributed by atoms with Crippen LogP contribution in [0.15, 0.2) is 78.6 Å². The van der Waals surface area contributed by atoms with Gasteiger partial charge in [0, 0.05) is 67.1 Å². The molecule has 2 aliphatic heterocycles. The zero-order valence-corrected chi connectivity index (χ0v) is 33.6. The lowest BCUT2D eigenvalue weighted by atomic mass is 9.75. The number of allylic oxidation sites excluding steroid dienone is 8. The van der Waals surface area contributed by atoms with Crippen LogP contribution in [0.1, 0.15) is 82.4 Å². The first-order valence-electron chi connectivity index (χ1n) is 16.4. The molecule has 1 unspecified atom stereocenters. The van der Waals surface area contributed by atoms with Crippen LogP contribution in [0.4, 0.5) is 11.4 Å². The van der Waals surface area contributed by atoms with Gasteiger partial charge in [0.15, 0.2) is 5.71 Å². The van der Waals surface area contributed by atoms with Gasteiger partial charge in [-0.25, -0.2) is 0 Å². The summed E-state index contributed by atoms with van der Waals surface area (Å²) in [5.41, 5.74) is 8.06. The number of anilines is 1. The molecule has 0 spiro atoms. The van der Waals surface area contributed by atoms with E-state index in [1.54, 1.807) is 0 Å². The van der Waals surface area contributed by atoms with E-state index in [9.17, 15) is 17.8 Å². The normalized spacial score (nSPS) is 19.8. The minimum Gasteiger partial charge on any atom is -0.481 e. The number of aryl methyl sites for hydroxylation is 1. The second kappa shape index (κ2) is 16.2. The van der Waals surface area contributed by atoms with Crippen LogP contribution in [0.5, 0.6) is 0 Å². The molecule has 48 heavy (non-hydrogen) atoms. The summed E-state index contributed by atoms with van der Waals surface area (Å²) in [5.74, 6) is -1.01. The maximum atomic E-state index is 11.4. The number of benzene rings is 2. The topological polar surface area (TPSA) is 97.9 Å². The number of carboxylic acids is 1. The number of aliphatic carboxylic acids is 1. The van der Waals surface area contributed by atoms with Gasteiger partial charge >= 0.3 is 5.97 Å². The predicted molar refractivity (Wildman–Crippen MR) is 214 cm³/mol. The third-order valence-corrected chi connectivity index (χ3v) is 11.7. The van der Waals surface area contributed by atoms with E-state index in [-0.39, 0.29) is 23.0 Å². The molecule has 0 aromatic heterocycles. The van der Waals surface area contributed by atoms with Crippen LogP contribution in [-0.2, 0) is 25.7 Å². The zero-order chi connectivity index (χ0) is 35.3. The van der Waals surface area contributed by atoms with Gasteiger partial charge in [0.2, 0.25) is 5.69 Å². The first-order valence-corrected chi connectivity index (χ1v) is 20.2. The number of unbranched alkanes of at least 4 members (excludes halogenated alkanes) is 3. The van der Waals surface area contributed by atoms with Crippen molar-refractivity contribution in [3.8, 4) is 0 Å². The average molecular weight is 898 g/mol. The molecule has 0 radical (unpaired) electrons. The smallest absolute Gasteiger partial charge is 0.303 e. The summed E-state index contributed by atoms with van der Waals surface area (Å²) in [6.07, 6.45) is 18.9. The lowest BCUT2D eigenvalue weighted by Crippen LogP contribution is -2.31. The fourth-order valence-electron chi connectivity index (χ4n) is 7.08. The molecule has 2 N–H and O–H groups in total. The Bertz CT molecular complexity index is 1810. The number of fused-ring (bicyclic) bond motifs is 2. The Kier molecular flexibility index (Phi) is 13.0. The van der Waals surface area contributed by atoms with Crippen LogP contribution in [0.3, 0.4) is 0 Å². The summed E-state index contributed by atoms with van der Waals surface area (Å²) in [6, 6.07) is 11.0. The highest BCUT2D eigenvalue weighted by atomic mass is 127. The van der Waals surface area contributed by atoms with Crippen molar-refractivity contribution in [1.82, 2.24) is 0 Å². The van der Waals surface area contributed by atoms with E-state index in [0.29, 0.717) is 19.3 Å². The van der Waals surface area contributed by atoms with Gasteiger partial charge in [-0.2, -0.15) is 13.0 Å². The van der Waals surface area contributed by atoms with Crippen molar-refractivity contribution in [2.24, 2.45) is 0 Å². The first-order chi connectivity index (χ1) is 22.6. The van der Waals surface area contributed by atoms with Crippen LogP contribution in [0, 0.1) is 14.1 Å². The second-order valence-electron chi connectivity index (χ2n) is 13.5. The summed E-state index contributed by atoms with van der Waals surface area (Å²) in [4.78, 5) is 13.3. The van der Waals surface area contributed by atoms with Crippen LogP contribution in [-0.4, -0.2) is 53.7 Å². The number of halogens is 2. The van der Waals surface area contributed by atoms with Gasteiger partial charge in [-0.05, 0) is 109 Å². The third-order valence-electron chi connectivity index (χ3n) is 9.47. The molecule has 7 nitrogen and oxygen atoms in total. The number of hydrogen-bond donors (Lipinski definition) is 2. The Morgan fingerprint density at radius 1 is 0.958 bits per heavy atom. The molecular weight excluding hydrogens is 850 g/mol. The monoisotopic (exact) mass is 897 g/mol. The molecule has 10 heteroatoms. The van der Waals surface area contributed by atoms with Gasteiger partial charge in [-0.1, -0.05) is 62.3 Å². The summed E-state index contributed by atoms with van der Waals surface area (Å²) >= 11 is 4.83. The van der Waals surface area contributed by atoms with Crippen LogP contribution in [0.2, 0.25) is 0 Å². The molecule has 0 saturated heterocycles. The van der Waals surface area contributed by atoms with Crippen molar-refractivity contribution in [2.75, 3.05) is 24.2 Å². The minimum absolute atomic E-state index is 0.103. The van der Waals surface area contributed by atoms with E-state index >= 15 is 0 Å². The van der Waals surface area contributed by atoms with Gasteiger partial charge in [0.25, 0.3) is 10.1 Å². The Morgan fingerprint density at radius 3 is 2.38 bits per heavy atom. The molecular formula is C38H47I2N2O5S+. The first kappa shape index (κ1) is 38.5. The van der Waals surface area contributed by atoms with E-state index < -0.39 is 16.1 Å². The predicted octanol–water partition coefficient (Wildman–Crippen LogP) is 9.24. The maximum absolute atomic E-state index is 11.4. The highest BCUT2D eigenvalue weighted by Gasteiger charge is 2.47. The molecule has 2 aromatic rings. The molecule has 0 bridgehead atoms. The number of nitrogens with zero attached hydrogens (tertiary/aromatic N) is 2. The third kappa shape index (κ3) is 9.08. The summed E-state index contributed by atoms with van der Waals surface area (Å²) in [7, 11) is -1.88. The van der Waals surface area contributed by atoms with Gasteiger partial charge in [-0.3, -0.25) is 9.35 Å². The molecule has 0 aliphatic carbocycles. The second-order valence-corrected chi connectivity index (χ2v) is 17.5. The molecule has 4 rings (SSSR count).